The SMILES string of the molecule is CCS(=O)(=O)CCn1nc(CC(C)C)c(CO)c1Cl. The molecule has 0 spiro atoms. The van der Waals surface area contributed by atoms with E-state index < -0.39 is 9.84 Å². The Morgan fingerprint density at radius 2 is 2.05 bits per heavy atom. The summed E-state index contributed by atoms with van der Waals surface area (Å²) >= 11 is 6.13. The van der Waals surface area contributed by atoms with Crippen LogP contribution in [0.5, 0.6) is 0 Å². The van der Waals surface area contributed by atoms with Crippen molar-refractivity contribution < 1.29 is 13.5 Å². The molecule has 0 aromatic carbocycles. The second kappa shape index (κ2) is 6.72. The van der Waals surface area contributed by atoms with E-state index in [9.17, 15) is 13.5 Å². The zero-order valence-electron chi connectivity index (χ0n) is 11.6. The van der Waals surface area contributed by atoms with Crippen molar-refractivity contribution in [2.75, 3.05) is 11.5 Å². The van der Waals surface area contributed by atoms with E-state index in [0.717, 1.165) is 5.69 Å². The molecule has 0 aliphatic heterocycles. The number of nitrogens with zero attached hydrogens (tertiary/aromatic N) is 2. The van der Waals surface area contributed by atoms with Crippen LogP contribution in [0.3, 0.4) is 0 Å². The molecule has 110 valence electrons. The molecular weight excluding hydrogens is 288 g/mol. The van der Waals surface area contributed by atoms with Crippen molar-refractivity contribution in [3.8, 4) is 0 Å². The molecule has 19 heavy (non-hydrogen) atoms. The zero-order valence-corrected chi connectivity index (χ0v) is 13.1. The summed E-state index contributed by atoms with van der Waals surface area (Å²) in [4.78, 5) is 0. The van der Waals surface area contributed by atoms with Crippen LogP contribution in [0.1, 0.15) is 32.0 Å². The molecule has 0 amide bonds. The van der Waals surface area contributed by atoms with Crippen molar-refractivity contribution in [2.24, 2.45) is 5.92 Å². The van der Waals surface area contributed by atoms with Gasteiger partial charge in [-0.3, -0.25) is 4.68 Å². The van der Waals surface area contributed by atoms with Crippen LogP contribution in [0.25, 0.3) is 0 Å². The van der Waals surface area contributed by atoms with Crippen LogP contribution in [0.15, 0.2) is 0 Å². The van der Waals surface area contributed by atoms with Crippen molar-refractivity contribution in [3.63, 3.8) is 0 Å². The van der Waals surface area contributed by atoms with E-state index in [4.69, 9.17) is 11.6 Å². The molecule has 7 heteroatoms. The largest absolute Gasteiger partial charge is 0.391 e. The Balaban J connectivity index is 2.93. The number of hydrogen-bond donors (Lipinski definition) is 1. The Morgan fingerprint density at radius 3 is 2.53 bits per heavy atom. The molecule has 1 aromatic rings. The van der Waals surface area contributed by atoms with Gasteiger partial charge in [0.2, 0.25) is 0 Å². The van der Waals surface area contributed by atoms with Crippen molar-refractivity contribution >= 4 is 21.4 Å². The standard InChI is InChI=1S/C12H21ClN2O3S/c1-4-19(17,18)6-5-15-12(13)10(8-16)11(14-15)7-9(2)3/h9,16H,4-8H2,1-3H3. The van der Waals surface area contributed by atoms with Gasteiger partial charge in [0.15, 0.2) is 9.84 Å². The number of rotatable bonds is 7. The highest BCUT2D eigenvalue weighted by atomic mass is 35.5. The predicted molar refractivity (Wildman–Crippen MR) is 76.0 cm³/mol. The van der Waals surface area contributed by atoms with Gasteiger partial charge < -0.3 is 5.11 Å². The molecular formula is C12H21ClN2O3S. The lowest BCUT2D eigenvalue weighted by molar-refractivity contribution is 0.280. The highest BCUT2D eigenvalue weighted by molar-refractivity contribution is 7.91. The number of aromatic nitrogens is 2. The lowest BCUT2D eigenvalue weighted by atomic mass is 10.1. The van der Waals surface area contributed by atoms with E-state index in [1.54, 1.807) is 6.92 Å². The van der Waals surface area contributed by atoms with E-state index in [0.29, 0.717) is 23.1 Å². The molecule has 0 saturated heterocycles. The molecule has 0 unspecified atom stereocenters. The Labute approximate surface area is 119 Å². The van der Waals surface area contributed by atoms with Crippen molar-refractivity contribution in [3.05, 3.63) is 16.4 Å². The number of sulfone groups is 1. The summed E-state index contributed by atoms with van der Waals surface area (Å²) in [5.74, 6) is 0.512. The van der Waals surface area contributed by atoms with Crippen LogP contribution in [0, 0.1) is 5.92 Å². The lowest BCUT2D eigenvalue weighted by Crippen LogP contribution is -2.15. The fraction of sp³-hybridized carbons (Fsp3) is 0.750. The first-order valence-electron chi connectivity index (χ1n) is 6.36. The highest BCUT2D eigenvalue weighted by Gasteiger charge is 2.18. The van der Waals surface area contributed by atoms with Crippen LogP contribution >= 0.6 is 11.6 Å². The summed E-state index contributed by atoms with van der Waals surface area (Å²) in [6.07, 6.45) is 0.711. The fourth-order valence-electron chi connectivity index (χ4n) is 1.75. The second-order valence-corrected chi connectivity index (χ2v) is 7.76. The van der Waals surface area contributed by atoms with Crippen molar-refractivity contribution in [2.45, 2.75) is 40.3 Å². The van der Waals surface area contributed by atoms with E-state index in [-0.39, 0.29) is 24.7 Å². The third-order valence-corrected chi connectivity index (χ3v) is 4.99. The van der Waals surface area contributed by atoms with Crippen molar-refractivity contribution in [1.29, 1.82) is 0 Å². The minimum Gasteiger partial charge on any atom is -0.391 e. The van der Waals surface area contributed by atoms with Gasteiger partial charge in [0.25, 0.3) is 0 Å². The lowest BCUT2D eigenvalue weighted by Gasteiger charge is -2.03. The molecule has 1 aromatic heterocycles. The number of halogens is 1. The molecule has 0 atom stereocenters. The molecule has 5 nitrogen and oxygen atoms in total. The van der Waals surface area contributed by atoms with Gasteiger partial charge in [-0.05, 0) is 12.3 Å². The second-order valence-electron chi connectivity index (χ2n) is 4.93. The fourth-order valence-corrected chi connectivity index (χ4v) is 2.78. The molecule has 0 aliphatic rings. The highest BCUT2D eigenvalue weighted by Crippen LogP contribution is 2.22. The maximum atomic E-state index is 11.5. The summed E-state index contributed by atoms with van der Waals surface area (Å²) in [6.45, 7) is 5.76. The van der Waals surface area contributed by atoms with Gasteiger partial charge in [0.1, 0.15) is 5.15 Å². The third kappa shape index (κ3) is 4.47. The Bertz CT molecular complexity index is 523. The maximum Gasteiger partial charge on any atom is 0.151 e. The van der Waals surface area contributed by atoms with Crippen LogP contribution in [0.2, 0.25) is 5.15 Å². The molecule has 0 radical (unpaired) electrons. The Morgan fingerprint density at radius 1 is 1.42 bits per heavy atom. The Kier molecular flexibility index (Phi) is 5.82. The van der Waals surface area contributed by atoms with Gasteiger partial charge in [-0.15, -0.1) is 0 Å². The summed E-state index contributed by atoms with van der Waals surface area (Å²) in [7, 11) is -3.05. The van der Waals surface area contributed by atoms with Crippen LogP contribution < -0.4 is 0 Å². The first kappa shape index (κ1) is 16.5. The zero-order chi connectivity index (χ0) is 14.6. The first-order chi connectivity index (χ1) is 8.80. The summed E-state index contributed by atoms with van der Waals surface area (Å²) in [5, 5.41) is 14.0. The molecule has 0 saturated carbocycles. The monoisotopic (exact) mass is 308 g/mol. The molecule has 1 N–H and O–H groups in total. The van der Waals surface area contributed by atoms with Crippen LogP contribution in [-0.2, 0) is 29.4 Å². The number of aliphatic hydroxyl groups is 1. The first-order valence-corrected chi connectivity index (χ1v) is 8.56. The predicted octanol–water partition coefficient (Wildman–Crippen LogP) is 1.66. The topological polar surface area (TPSA) is 72.2 Å². The Hall–Kier alpha value is -0.590. The summed E-state index contributed by atoms with van der Waals surface area (Å²) < 4.78 is 24.4. The van der Waals surface area contributed by atoms with E-state index >= 15 is 0 Å². The number of aliphatic hydroxyl groups excluding tert-OH is 1. The number of aryl methyl sites for hydroxylation is 1. The van der Waals surface area contributed by atoms with Gasteiger partial charge in [-0.1, -0.05) is 32.4 Å². The number of hydrogen-bond acceptors (Lipinski definition) is 4. The van der Waals surface area contributed by atoms with Gasteiger partial charge in [0, 0.05) is 11.3 Å². The average molecular weight is 309 g/mol. The minimum atomic E-state index is -3.05. The molecule has 0 bridgehead atoms. The average Bonchev–Trinajstić information content (AvgIpc) is 2.62. The maximum absolute atomic E-state index is 11.5. The molecule has 0 aliphatic carbocycles. The van der Waals surface area contributed by atoms with Crippen LogP contribution in [0.4, 0.5) is 0 Å². The van der Waals surface area contributed by atoms with Crippen molar-refractivity contribution in [1.82, 2.24) is 9.78 Å². The van der Waals surface area contributed by atoms with Gasteiger partial charge in [-0.25, -0.2) is 8.42 Å². The minimum absolute atomic E-state index is 0.0108. The van der Waals surface area contributed by atoms with E-state index in [1.165, 1.54) is 4.68 Å². The molecule has 0 fully saturated rings. The van der Waals surface area contributed by atoms with Crippen LogP contribution in [-0.4, -0.2) is 34.8 Å². The third-order valence-electron chi connectivity index (χ3n) is 2.88. The van der Waals surface area contributed by atoms with E-state index in [2.05, 4.69) is 18.9 Å². The normalized spacial score (nSPS) is 12.3. The molecule has 1 heterocycles. The van der Waals surface area contributed by atoms with Gasteiger partial charge >= 0.3 is 0 Å². The summed E-state index contributed by atoms with van der Waals surface area (Å²) in [6, 6.07) is 0. The smallest absolute Gasteiger partial charge is 0.151 e. The van der Waals surface area contributed by atoms with Gasteiger partial charge in [-0.2, -0.15) is 5.10 Å². The quantitative estimate of drug-likeness (QED) is 0.831. The van der Waals surface area contributed by atoms with Gasteiger partial charge in [0.05, 0.1) is 24.6 Å². The van der Waals surface area contributed by atoms with E-state index in [1.807, 2.05) is 0 Å². The molecule has 1 rings (SSSR count). The summed E-state index contributed by atoms with van der Waals surface area (Å²) in [5.41, 5.74) is 1.35.